The number of rotatable bonds is 12. The molecule has 9 heteroatoms. The van der Waals surface area contributed by atoms with Gasteiger partial charge in [-0.05, 0) is 12.5 Å². The molecule has 31 heavy (non-hydrogen) atoms. The first kappa shape index (κ1) is 23.0. The summed E-state index contributed by atoms with van der Waals surface area (Å²) in [5.41, 5.74) is 1.75. The minimum absolute atomic E-state index is 0.00776. The number of nitrogens with zero attached hydrogens (tertiary/aromatic N) is 4. The number of fused-ring (bicyclic) bond motifs is 1. The van der Waals surface area contributed by atoms with Gasteiger partial charge in [-0.15, -0.1) is 0 Å². The summed E-state index contributed by atoms with van der Waals surface area (Å²) < 4.78 is 7.23. The Morgan fingerprint density at radius 2 is 2.00 bits per heavy atom. The molecule has 2 aromatic heterocycles. The molecule has 0 spiro atoms. The molecule has 0 aliphatic carbocycles. The lowest BCUT2D eigenvalue weighted by molar-refractivity contribution is -0.120. The quantitative estimate of drug-likeness (QED) is 0.253. The summed E-state index contributed by atoms with van der Waals surface area (Å²) in [5.74, 6) is 0.749. The van der Waals surface area contributed by atoms with Gasteiger partial charge in [-0.3, -0.25) is 4.79 Å². The number of hydrogen-bond donors (Lipinski definition) is 2. The highest BCUT2D eigenvalue weighted by atomic mass is 32.2. The molecule has 0 bridgehead atoms. The van der Waals surface area contributed by atoms with Crippen LogP contribution in [-0.2, 0) is 22.5 Å². The molecule has 0 aliphatic heterocycles. The zero-order chi connectivity index (χ0) is 22.1. The molecular weight excluding hydrogens is 412 g/mol. The van der Waals surface area contributed by atoms with E-state index in [0.29, 0.717) is 49.7 Å². The van der Waals surface area contributed by atoms with Gasteiger partial charge in [-0.1, -0.05) is 55.9 Å². The third kappa shape index (κ3) is 6.93. The van der Waals surface area contributed by atoms with E-state index >= 15 is 0 Å². The van der Waals surface area contributed by atoms with Crippen LogP contribution in [-0.4, -0.2) is 57.2 Å². The van der Waals surface area contributed by atoms with Crippen LogP contribution in [0.5, 0.6) is 0 Å². The molecule has 0 saturated heterocycles. The van der Waals surface area contributed by atoms with E-state index in [4.69, 9.17) is 9.72 Å². The maximum atomic E-state index is 12.2. The molecule has 8 nitrogen and oxygen atoms in total. The number of nitrogens with one attached hydrogen (secondary N) is 2. The molecular formula is C22H30N6O2S. The van der Waals surface area contributed by atoms with E-state index in [-0.39, 0.29) is 5.91 Å². The molecule has 0 atom stereocenters. The minimum atomic E-state index is -0.00776. The van der Waals surface area contributed by atoms with E-state index in [0.717, 1.165) is 22.4 Å². The fourth-order valence-electron chi connectivity index (χ4n) is 3.03. The third-order valence-electron chi connectivity index (χ3n) is 4.41. The predicted octanol–water partition coefficient (Wildman–Crippen LogP) is 3.13. The Morgan fingerprint density at radius 3 is 2.74 bits per heavy atom. The second-order valence-electron chi connectivity index (χ2n) is 7.26. The van der Waals surface area contributed by atoms with Gasteiger partial charge in [0.1, 0.15) is 5.82 Å². The third-order valence-corrected chi connectivity index (χ3v) is 5.28. The largest absolute Gasteiger partial charge is 0.380 e. The van der Waals surface area contributed by atoms with Gasteiger partial charge in [-0.25, -0.2) is 14.6 Å². The van der Waals surface area contributed by atoms with E-state index < -0.39 is 0 Å². The zero-order valence-corrected chi connectivity index (χ0v) is 19.1. The van der Waals surface area contributed by atoms with E-state index in [1.165, 1.54) is 0 Å². The Hall–Kier alpha value is -2.65. The number of carbonyl (C=O) groups is 1. The summed E-state index contributed by atoms with van der Waals surface area (Å²) in [6.07, 6.45) is 2.14. The van der Waals surface area contributed by atoms with Crippen LogP contribution < -0.4 is 10.6 Å². The van der Waals surface area contributed by atoms with Crippen LogP contribution >= 0.6 is 11.8 Å². The Morgan fingerprint density at radius 1 is 1.19 bits per heavy atom. The van der Waals surface area contributed by atoms with Crippen molar-refractivity contribution >= 4 is 34.5 Å². The maximum absolute atomic E-state index is 12.2. The first-order valence-corrected chi connectivity index (χ1v) is 11.5. The van der Waals surface area contributed by atoms with E-state index in [1.54, 1.807) is 18.0 Å². The zero-order valence-electron chi connectivity index (χ0n) is 18.3. The summed E-state index contributed by atoms with van der Waals surface area (Å²) in [6, 6.07) is 9.71. The fraction of sp³-hybridized carbons (Fsp3) is 0.455. The molecule has 0 fully saturated rings. The average Bonchev–Trinajstić information content (AvgIpc) is 3.14. The number of anilines is 1. The Balaban J connectivity index is 1.67. The summed E-state index contributed by atoms with van der Waals surface area (Å²) in [6.45, 7) is 9.16. The molecule has 2 heterocycles. The molecule has 0 radical (unpaired) electrons. The summed E-state index contributed by atoms with van der Waals surface area (Å²) >= 11 is 1.61. The van der Waals surface area contributed by atoms with Crippen molar-refractivity contribution in [1.29, 1.82) is 0 Å². The van der Waals surface area contributed by atoms with Crippen LogP contribution in [0.1, 0.15) is 26.3 Å². The topological polar surface area (TPSA) is 94.0 Å². The number of aromatic nitrogens is 4. The lowest BCUT2D eigenvalue weighted by atomic mass is 10.1. The van der Waals surface area contributed by atoms with Crippen LogP contribution in [0.25, 0.3) is 11.0 Å². The maximum Gasteiger partial charge on any atom is 0.224 e. The van der Waals surface area contributed by atoms with Crippen molar-refractivity contribution in [2.45, 2.75) is 44.1 Å². The fourth-order valence-corrected chi connectivity index (χ4v) is 3.73. The molecule has 0 aliphatic rings. The summed E-state index contributed by atoms with van der Waals surface area (Å²) in [4.78, 5) is 21.6. The van der Waals surface area contributed by atoms with Gasteiger partial charge in [0.2, 0.25) is 5.91 Å². The van der Waals surface area contributed by atoms with Gasteiger partial charge in [0, 0.05) is 24.9 Å². The molecule has 0 unspecified atom stereocenters. The number of amides is 1. The van der Waals surface area contributed by atoms with Gasteiger partial charge in [0.25, 0.3) is 0 Å². The molecule has 3 aromatic rings. The second-order valence-corrected chi connectivity index (χ2v) is 8.81. The second kappa shape index (κ2) is 11.7. The van der Waals surface area contributed by atoms with Crippen molar-refractivity contribution in [1.82, 2.24) is 25.1 Å². The Kier molecular flexibility index (Phi) is 8.66. The Bertz CT molecular complexity index is 977. The van der Waals surface area contributed by atoms with Gasteiger partial charge in [0.15, 0.2) is 10.8 Å². The highest BCUT2D eigenvalue weighted by Crippen LogP contribution is 2.26. The van der Waals surface area contributed by atoms with Gasteiger partial charge in [0.05, 0.1) is 31.2 Å². The van der Waals surface area contributed by atoms with E-state index in [9.17, 15) is 4.79 Å². The van der Waals surface area contributed by atoms with E-state index in [2.05, 4.69) is 34.6 Å². The molecule has 2 N–H and O–H groups in total. The lowest BCUT2D eigenvalue weighted by Crippen LogP contribution is -2.28. The lowest BCUT2D eigenvalue weighted by Gasteiger charge is -2.11. The van der Waals surface area contributed by atoms with E-state index in [1.807, 2.05) is 41.9 Å². The summed E-state index contributed by atoms with van der Waals surface area (Å²) in [7, 11) is 0. The normalized spacial score (nSPS) is 11.2. The first-order valence-electron chi connectivity index (χ1n) is 10.6. The highest BCUT2D eigenvalue weighted by Gasteiger charge is 2.14. The Labute approximate surface area is 187 Å². The van der Waals surface area contributed by atoms with Crippen molar-refractivity contribution in [2.75, 3.05) is 31.6 Å². The predicted molar refractivity (Wildman–Crippen MR) is 124 cm³/mol. The molecule has 166 valence electrons. The van der Waals surface area contributed by atoms with Crippen LogP contribution in [0.15, 0.2) is 41.7 Å². The van der Waals surface area contributed by atoms with Crippen molar-refractivity contribution in [3.8, 4) is 0 Å². The monoisotopic (exact) mass is 442 g/mol. The van der Waals surface area contributed by atoms with Crippen molar-refractivity contribution < 1.29 is 9.53 Å². The molecule has 1 aromatic carbocycles. The molecule has 0 saturated carbocycles. The van der Waals surface area contributed by atoms with Crippen molar-refractivity contribution in [2.24, 2.45) is 0 Å². The van der Waals surface area contributed by atoms with Gasteiger partial charge in [-0.2, -0.15) is 5.10 Å². The number of hydrogen-bond acceptors (Lipinski definition) is 7. The number of ether oxygens (including phenoxy) is 1. The number of carbonyl (C=O) groups excluding carboxylic acids is 1. The van der Waals surface area contributed by atoms with Crippen LogP contribution in [0.4, 0.5) is 5.82 Å². The SMILES string of the molecule is CCOCCNc1nc(SC(C)C)nc2c1cnn2CCNC(=O)Cc1ccccc1. The summed E-state index contributed by atoms with van der Waals surface area (Å²) in [5, 5.41) is 12.7. The first-order chi connectivity index (χ1) is 15.1. The van der Waals surface area contributed by atoms with Crippen LogP contribution in [0.3, 0.4) is 0 Å². The smallest absolute Gasteiger partial charge is 0.224 e. The number of thioether (sulfide) groups is 1. The van der Waals surface area contributed by atoms with Crippen LogP contribution in [0, 0.1) is 0 Å². The van der Waals surface area contributed by atoms with Crippen molar-refractivity contribution in [3.05, 3.63) is 42.1 Å². The van der Waals surface area contributed by atoms with Crippen LogP contribution in [0.2, 0.25) is 0 Å². The molecule has 3 rings (SSSR count). The average molecular weight is 443 g/mol. The van der Waals surface area contributed by atoms with Gasteiger partial charge < -0.3 is 15.4 Å². The molecule has 1 amide bonds. The minimum Gasteiger partial charge on any atom is -0.380 e. The number of benzene rings is 1. The van der Waals surface area contributed by atoms with Crippen molar-refractivity contribution in [3.63, 3.8) is 0 Å². The standard InChI is InChI=1S/C22H30N6O2S/c1-4-30-13-11-24-20-18-15-25-28(21(18)27-22(26-20)31-16(2)3)12-10-23-19(29)14-17-8-6-5-7-9-17/h5-9,15-16H,4,10-14H2,1-3H3,(H,23,29)(H,24,26,27). The van der Waals surface area contributed by atoms with Gasteiger partial charge >= 0.3 is 0 Å². The highest BCUT2D eigenvalue weighted by molar-refractivity contribution is 7.99.